The Morgan fingerprint density at radius 1 is 1.88 bits per heavy atom. The third kappa shape index (κ3) is 0.623. The monoisotopic (exact) mass is 178 g/mol. The molecule has 0 fully saturated rings. The number of nitrogens with one attached hydrogen (secondary N) is 1. The molecule has 1 heterocycles. The minimum Gasteiger partial charge on any atom is -0.381 e. The number of aromatic nitrogens is 2. The van der Waals surface area contributed by atoms with Crippen molar-refractivity contribution in [2.75, 3.05) is 5.73 Å². The van der Waals surface area contributed by atoms with Crippen LogP contribution in [0, 0.1) is 0 Å². The van der Waals surface area contributed by atoms with E-state index in [4.69, 9.17) is 11.6 Å². The van der Waals surface area contributed by atoms with Gasteiger partial charge in [-0.05, 0) is 5.27 Å². The number of nitrogen functional groups attached to an aromatic ring is 1. The molecule has 0 saturated carbocycles. The van der Waals surface area contributed by atoms with Gasteiger partial charge in [-0.3, -0.25) is 0 Å². The van der Waals surface area contributed by atoms with Gasteiger partial charge in [0.1, 0.15) is 0 Å². The van der Waals surface area contributed by atoms with Gasteiger partial charge in [0.25, 0.3) is 5.88 Å². The largest absolute Gasteiger partial charge is 0.381 e. The van der Waals surface area contributed by atoms with E-state index in [0.29, 0.717) is 4.60 Å². The third-order valence-electron chi connectivity index (χ3n) is 0.610. The first-order valence-corrected chi connectivity index (χ1v) is 2.55. The average molecular weight is 179 g/mol. The van der Waals surface area contributed by atoms with E-state index in [1.54, 1.807) is 0 Å². The Morgan fingerprint density at radius 2 is 2.50 bits per heavy atom. The second-order valence-corrected chi connectivity index (χ2v) is 1.89. The summed E-state index contributed by atoms with van der Waals surface area (Å²) in [5, 5.41) is 3.15. The van der Waals surface area contributed by atoms with E-state index in [0.717, 1.165) is 4.79 Å². The lowest BCUT2D eigenvalue weighted by molar-refractivity contribution is -0.689. The van der Waals surface area contributed by atoms with Crippen molar-refractivity contribution in [1.29, 1.82) is 0 Å². The topological polar surface area (TPSA) is 79.7 Å². The van der Waals surface area contributed by atoms with Crippen molar-refractivity contribution in [1.82, 2.24) is 5.27 Å². The number of rotatable bonds is 0. The van der Waals surface area contributed by atoms with Crippen molar-refractivity contribution in [3.05, 3.63) is 10.4 Å². The number of nitrogens with two attached hydrogens (primary N) is 1. The van der Waals surface area contributed by atoms with Crippen molar-refractivity contribution in [3.8, 4) is 0 Å². The van der Waals surface area contributed by atoms with E-state index in [1.807, 2.05) is 0 Å². The lowest BCUT2D eigenvalue weighted by atomic mass is 10.8. The van der Waals surface area contributed by atoms with Crippen LogP contribution in [0.1, 0.15) is 0 Å². The first-order chi connectivity index (χ1) is 3.72. The number of halogens is 1. The summed E-state index contributed by atoms with van der Waals surface area (Å²) in [4.78, 5) is 0.745. The highest BCUT2D eigenvalue weighted by Crippen LogP contribution is 2.10. The zero-order valence-electron chi connectivity index (χ0n) is 3.76. The Labute approximate surface area is 53.3 Å². The number of anilines is 1. The van der Waals surface area contributed by atoms with Gasteiger partial charge in [0.15, 0.2) is 0 Å². The fraction of sp³-hybridized carbons (Fsp3) is 0. The van der Waals surface area contributed by atoms with E-state index in [-0.39, 0.29) is 5.88 Å². The Balaban J connectivity index is 3.19. The molecule has 3 N–H and O–H groups in total. The summed E-state index contributed by atoms with van der Waals surface area (Å²) in [6.07, 6.45) is 0. The Morgan fingerprint density at radius 3 is 2.62 bits per heavy atom. The third-order valence-corrected chi connectivity index (χ3v) is 1.34. The SMILES string of the molecule is [NH-][n+]1noc(N)c1Br. The van der Waals surface area contributed by atoms with Crippen molar-refractivity contribution in [2.45, 2.75) is 0 Å². The molecule has 6 heteroatoms. The van der Waals surface area contributed by atoms with Crippen LogP contribution in [0.4, 0.5) is 5.88 Å². The van der Waals surface area contributed by atoms with Crippen molar-refractivity contribution >= 4 is 21.8 Å². The predicted molar refractivity (Wildman–Crippen MR) is 28.5 cm³/mol. The summed E-state index contributed by atoms with van der Waals surface area (Å²) in [6.45, 7) is 0. The van der Waals surface area contributed by atoms with Crippen LogP contribution in [0.15, 0.2) is 9.13 Å². The van der Waals surface area contributed by atoms with Gasteiger partial charge in [0, 0.05) is 15.9 Å². The van der Waals surface area contributed by atoms with Gasteiger partial charge in [0.05, 0.1) is 0 Å². The molecule has 0 radical (unpaired) electrons. The molecule has 44 valence electrons. The standard InChI is InChI=1S/C2H3BrN4O/c3-1-2(4)8-6-7(1)5/h5H,4H2. The summed E-state index contributed by atoms with van der Waals surface area (Å²) in [7, 11) is 0. The van der Waals surface area contributed by atoms with Gasteiger partial charge in [-0.2, -0.15) is 0 Å². The molecule has 0 amide bonds. The van der Waals surface area contributed by atoms with Crippen LogP contribution in [0.5, 0.6) is 0 Å². The molecule has 5 nitrogen and oxygen atoms in total. The van der Waals surface area contributed by atoms with E-state index < -0.39 is 0 Å². The molecule has 0 atom stereocenters. The van der Waals surface area contributed by atoms with Crippen LogP contribution in [-0.4, -0.2) is 5.27 Å². The van der Waals surface area contributed by atoms with Gasteiger partial charge >= 0.3 is 4.60 Å². The smallest absolute Gasteiger partial charge is 0.330 e. The molecular formula is C2H3BrN4O. The maximum Gasteiger partial charge on any atom is 0.330 e. The normalized spacial score (nSPS) is 9.62. The van der Waals surface area contributed by atoms with Crippen molar-refractivity contribution in [2.24, 2.45) is 0 Å². The van der Waals surface area contributed by atoms with Crippen LogP contribution < -0.4 is 10.5 Å². The summed E-state index contributed by atoms with van der Waals surface area (Å²) in [5.41, 5.74) is 5.12. The highest BCUT2D eigenvalue weighted by molar-refractivity contribution is 9.10. The zero-order valence-corrected chi connectivity index (χ0v) is 5.34. The molecule has 0 bridgehead atoms. The van der Waals surface area contributed by atoms with Crippen LogP contribution in [-0.2, 0) is 0 Å². The summed E-state index contributed by atoms with van der Waals surface area (Å²) < 4.78 is 4.68. The minimum atomic E-state index is 0.111. The molecule has 0 spiro atoms. The van der Waals surface area contributed by atoms with Crippen LogP contribution in [0.2, 0.25) is 0 Å². The maximum atomic E-state index is 6.83. The maximum absolute atomic E-state index is 6.83. The van der Waals surface area contributed by atoms with Crippen molar-refractivity contribution < 1.29 is 9.31 Å². The molecule has 8 heavy (non-hydrogen) atoms. The molecule has 0 unspecified atom stereocenters. The molecule has 1 aromatic rings. The van der Waals surface area contributed by atoms with E-state index in [1.165, 1.54) is 0 Å². The summed E-state index contributed by atoms with van der Waals surface area (Å²) in [5.74, 6) is 6.94. The quantitative estimate of drug-likeness (QED) is 0.574. The van der Waals surface area contributed by atoms with E-state index in [2.05, 4.69) is 25.7 Å². The highest BCUT2D eigenvalue weighted by atomic mass is 79.9. The van der Waals surface area contributed by atoms with Crippen LogP contribution >= 0.6 is 15.9 Å². The molecule has 0 aliphatic carbocycles. The Kier molecular flexibility index (Phi) is 1.09. The Hall–Kier alpha value is -0.780. The van der Waals surface area contributed by atoms with E-state index in [9.17, 15) is 0 Å². The fourth-order valence-corrected chi connectivity index (χ4v) is 0.400. The second kappa shape index (κ2) is 1.62. The van der Waals surface area contributed by atoms with Gasteiger partial charge in [0.2, 0.25) is 0 Å². The molecule has 1 aromatic heterocycles. The lowest BCUT2D eigenvalue weighted by Crippen LogP contribution is -2.25. The molecule has 0 aliphatic rings. The second-order valence-electron chi connectivity index (χ2n) is 1.14. The molecule has 0 aromatic carbocycles. The van der Waals surface area contributed by atoms with Crippen LogP contribution in [0.3, 0.4) is 0 Å². The summed E-state index contributed by atoms with van der Waals surface area (Å²) >= 11 is 2.94. The first kappa shape index (κ1) is 5.36. The summed E-state index contributed by atoms with van der Waals surface area (Å²) in [6, 6.07) is 0. The Bertz CT molecular complexity index is 176. The molecule has 0 aliphatic heterocycles. The predicted octanol–water partition coefficient (Wildman–Crippen LogP) is 0.122. The van der Waals surface area contributed by atoms with Gasteiger partial charge in [-0.1, -0.05) is 4.79 Å². The lowest BCUT2D eigenvalue weighted by Gasteiger charge is -1.76. The van der Waals surface area contributed by atoms with Crippen molar-refractivity contribution in [3.63, 3.8) is 0 Å². The van der Waals surface area contributed by atoms with Gasteiger partial charge in [-0.15, -0.1) is 0 Å². The zero-order chi connectivity index (χ0) is 6.15. The number of hydrogen-bond donors (Lipinski definition) is 1. The number of hydrogen-bond acceptors (Lipinski definition) is 3. The van der Waals surface area contributed by atoms with Crippen LogP contribution in [0.25, 0.3) is 5.84 Å². The molecule has 1 rings (SSSR count). The molecular weight excluding hydrogens is 176 g/mol. The van der Waals surface area contributed by atoms with E-state index >= 15 is 0 Å². The minimum absolute atomic E-state index is 0.111. The number of nitrogens with zero attached hydrogens (tertiary/aromatic N) is 2. The van der Waals surface area contributed by atoms with Gasteiger partial charge < -0.3 is 10.3 Å². The average Bonchev–Trinajstić information content (AvgIpc) is 1.98. The molecule has 0 saturated heterocycles. The first-order valence-electron chi connectivity index (χ1n) is 1.76. The van der Waals surface area contributed by atoms with Gasteiger partial charge in [-0.25, -0.2) is 5.84 Å². The highest BCUT2D eigenvalue weighted by Gasteiger charge is 2.07. The fourth-order valence-electron chi connectivity index (χ4n) is 0.263.